The third-order valence-electron chi connectivity index (χ3n) is 2.91. The molecule has 0 atom stereocenters. The summed E-state index contributed by atoms with van der Waals surface area (Å²) in [4.78, 5) is 22.0. The molecule has 7 nitrogen and oxygen atoms in total. The maximum atomic E-state index is 11.8. The van der Waals surface area contributed by atoms with Crippen LogP contribution in [0.1, 0.15) is 36.2 Å². The second-order valence-electron chi connectivity index (χ2n) is 4.25. The van der Waals surface area contributed by atoms with Gasteiger partial charge in [-0.1, -0.05) is 12.8 Å². The number of carbonyl (C=O) groups excluding carboxylic acids is 1. The van der Waals surface area contributed by atoms with Crippen molar-refractivity contribution in [3.8, 4) is 0 Å². The first-order valence-electron chi connectivity index (χ1n) is 5.57. The molecule has 0 spiro atoms. The number of aryl methyl sites for hydroxylation is 1. The molecule has 1 fully saturated rings. The molecule has 0 aromatic carbocycles. The van der Waals surface area contributed by atoms with Gasteiger partial charge < -0.3 is 5.32 Å². The molecule has 1 N–H and O–H groups in total. The van der Waals surface area contributed by atoms with Crippen molar-refractivity contribution in [2.75, 3.05) is 0 Å². The average Bonchev–Trinajstić information content (AvgIpc) is 2.86. The van der Waals surface area contributed by atoms with E-state index in [-0.39, 0.29) is 17.4 Å². The molecule has 0 bridgehead atoms. The van der Waals surface area contributed by atoms with E-state index in [9.17, 15) is 14.9 Å². The van der Waals surface area contributed by atoms with E-state index in [0.29, 0.717) is 0 Å². The van der Waals surface area contributed by atoms with Crippen LogP contribution in [0, 0.1) is 10.1 Å². The fraction of sp³-hybridized carbons (Fsp3) is 0.600. The Morgan fingerprint density at radius 1 is 1.59 bits per heavy atom. The molecule has 17 heavy (non-hydrogen) atoms. The van der Waals surface area contributed by atoms with Gasteiger partial charge in [0.2, 0.25) is 5.69 Å². The first-order valence-corrected chi connectivity index (χ1v) is 5.57. The number of aromatic nitrogens is 2. The maximum absolute atomic E-state index is 11.8. The summed E-state index contributed by atoms with van der Waals surface area (Å²) in [5.41, 5.74) is -0.354. The molecule has 1 saturated carbocycles. The predicted molar refractivity (Wildman–Crippen MR) is 59.6 cm³/mol. The fourth-order valence-electron chi connectivity index (χ4n) is 2.10. The number of rotatable bonds is 3. The minimum Gasteiger partial charge on any atom is -0.348 e. The third-order valence-corrected chi connectivity index (χ3v) is 2.91. The summed E-state index contributed by atoms with van der Waals surface area (Å²) in [6.45, 7) is 0. The molecule has 1 aromatic heterocycles. The quantitative estimate of drug-likeness (QED) is 0.628. The Bertz CT molecular complexity index is 448. The third kappa shape index (κ3) is 2.43. The number of hydrogen-bond donors (Lipinski definition) is 1. The molecule has 2 rings (SSSR count). The van der Waals surface area contributed by atoms with Gasteiger partial charge in [-0.05, 0) is 12.8 Å². The predicted octanol–water partition coefficient (Wildman–Crippen LogP) is 1.00. The molecular formula is C10H14N4O3. The van der Waals surface area contributed by atoms with Gasteiger partial charge in [-0.3, -0.25) is 19.6 Å². The minimum atomic E-state index is -0.587. The highest BCUT2D eigenvalue weighted by molar-refractivity contribution is 5.96. The van der Waals surface area contributed by atoms with Gasteiger partial charge in [0.25, 0.3) is 5.91 Å². The lowest BCUT2D eigenvalue weighted by Gasteiger charge is -2.09. The van der Waals surface area contributed by atoms with Crippen LogP contribution in [0.15, 0.2) is 6.20 Å². The van der Waals surface area contributed by atoms with Gasteiger partial charge in [0.05, 0.1) is 4.92 Å². The van der Waals surface area contributed by atoms with Crippen LogP contribution in [0.3, 0.4) is 0 Å². The Kier molecular flexibility index (Phi) is 3.08. The highest BCUT2D eigenvalue weighted by atomic mass is 16.6. The molecule has 1 aromatic rings. The largest absolute Gasteiger partial charge is 0.348 e. The van der Waals surface area contributed by atoms with Crippen LogP contribution in [0.5, 0.6) is 0 Å². The van der Waals surface area contributed by atoms with Crippen LogP contribution >= 0.6 is 0 Å². The molecule has 1 aliphatic carbocycles. The molecular weight excluding hydrogens is 224 g/mol. The van der Waals surface area contributed by atoms with Crippen molar-refractivity contribution in [2.45, 2.75) is 31.7 Å². The number of carbonyl (C=O) groups is 1. The van der Waals surface area contributed by atoms with Crippen LogP contribution in [0.25, 0.3) is 0 Å². The van der Waals surface area contributed by atoms with Crippen molar-refractivity contribution in [2.24, 2.45) is 7.05 Å². The fourth-order valence-corrected chi connectivity index (χ4v) is 2.10. The molecule has 92 valence electrons. The second-order valence-corrected chi connectivity index (χ2v) is 4.25. The van der Waals surface area contributed by atoms with Crippen LogP contribution in [-0.4, -0.2) is 26.7 Å². The van der Waals surface area contributed by atoms with Crippen molar-refractivity contribution < 1.29 is 9.72 Å². The van der Waals surface area contributed by atoms with Gasteiger partial charge in [-0.25, -0.2) is 0 Å². The van der Waals surface area contributed by atoms with Crippen molar-refractivity contribution in [1.29, 1.82) is 0 Å². The Labute approximate surface area is 98.0 Å². The molecule has 0 unspecified atom stereocenters. The van der Waals surface area contributed by atoms with Crippen molar-refractivity contribution in [3.05, 3.63) is 22.0 Å². The Balaban J connectivity index is 2.15. The van der Waals surface area contributed by atoms with E-state index >= 15 is 0 Å². The van der Waals surface area contributed by atoms with E-state index < -0.39 is 10.8 Å². The minimum absolute atomic E-state index is 0.107. The molecule has 0 saturated heterocycles. The van der Waals surface area contributed by atoms with Gasteiger partial charge >= 0.3 is 5.69 Å². The number of nitro groups is 1. The van der Waals surface area contributed by atoms with Crippen LogP contribution in [0.2, 0.25) is 0 Å². The van der Waals surface area contributed by atoms with E-state index in [1.807, 2.05) is 0 Å². The zero-order valence-corrected chi connectivity index (χ0v) is 9.55. The Morgan fingerprint density at radius 2 is 2.24 bits per heavy atom. The van der Waals surface area contributed by atoms with Crippen LogP contribution in [-0.2, 0) is 7.05 Å². The van der Waals surface area contributed by atoms with Crippen molar-refractivity contribution >= 4 is 11.6 Å². The molecule has 1 aliphatic rings. The maximum Gasteiger partial charge on any atom is 0.320 e. The average molecular weight is 238 g/mol. The summed E-state index contributed by atoms with van der Waals surface area (Å²) in [6, 6.07) is 0.129. The molecule has 7 heteroatoms. The second kappa shape index (κ2) is 4.52. The number of hydrogen-bond acceptors (Lipinski definition) is 4. The van der Waals surface area contributed by atoms with E-state index in [2.05, 4.69) is 10.4 Å². The number of amides is 1. The first kappa shape index (κ1) is 11.6. The van der Waals surface area contributed by atoms with E-state index in [4.69, 9.17) is 0 Å². The molecule has 1 amide bonds. The molecule has 0 aliphatic heterocycles. The Hall–Kier alpha value is -1.92. The zero-order valence-electron chi connectivity index (χ0n) is 9.55. The molecule has 1 heterocycles. The summed E-state index contributed by atoms with van der Waals surface area (Å²) in [6.07, 6.45) is 5.30. The Morgan fingerprint density at radius 3 is 2.82 bits per heavy atom. The summed E-state index contributed by atoms with van der Waals surface area (Å²) in [5, 5.41) is 17.4. The van der Waals surface area contributed by atoms with Gasteiger partial charge in [0.15, 0.2) is 0 Å². The lowest BCUT2D eigenvalue weighted by Crippen LogP contribution is -2.33. The summed E-state index contributed by atoms with van der Waals surface area (Å²) < 4.78 is 1.28. The number of nitrogens with one attached hydrogen (secondary N) is 1. The van der Waals surface area contributed by atoms with Crippen molar-refractivity contribution in [3.63, 3.8) is 0 Å². The van der Waals surface area contributed by atoms with Gasteiger partial charge in [-0.15, -0.1) is 0 Å². The SMILES string of the molecule is Cn1cc([N+](=O)[O-])c(C(=O)NC2CCCC2)n1. The van der Waals surface area contributed by atoms with Gasteiger partial charge in [0.1, 0.15) is 6.20 Å². The number of nitrogens with zero attached hydrogens (tertiary/aromatic N) is 3. The van der Waals surface area contributed by atoms with E-state index in [0.717, 1.165) is 25.7 Å². The van der Waals surface area contributed by atoms with Crippen molar-refractivity contribution in [1.82, 2.24) is 15.1 Å². The van der Waals surface area contributed by atoms with Gasteiger partial charge in [0, 0.05) is 13.1 Å². The van der Waals surface area contributed by atoms with Gasteiger partial charge in [-0.2, -0.15) is 5.10 Å². The highest BCUT2D eigenvalue weighted by Crippen LogP contribution is 2.20. The summed E-state index contributed by atoms with van der Waals surface area (Å²) in [5.74, 6) is -0.454. The van der Waals surface area contributed by atoms with E-state index in [1.165, 1.54) is 10.9 Å². The zero-order chi connectivity index (χ0) is 12.4. The standard InChI is InChI=1S/C10H14N4O3/c1-13-6-8(14(16)17)9(12-13)10(15)11-7-4-2-3-5-7/h6-7H,2-5H2,1H3,(H,11,15). The normalized spacial score (nSPS) is 16.1. The lowest BCUT2D eigenvalue weighted by atomic mass is 10.2. The monoisotopic (exact) mass is 238 g/mol. The topological polar surface area (TPSA) is 90.1 Å². The summed E-state index contributed by atoms with van der Waals surface area (Å²) >= 11 is 0. The lowest BCUT2D eigenvalue weighted by molar-refractivity contribution is -0.385. The summed E-state index contributed by atoms with van der Waals surface area (Å²) in [7, 11) is 1.55. The first-order chi connectivity index (χ1) is 8.08. The smallest absolute Gasteiger partial charge is 0.320 e. The highest BCUT2D eigenvalue weighted by Gasteiger charge is 2.27. The van der Waals surface area contributed by atoms with Crippen LogP contribution < -0.4 is 5.32 Å². The van der Waals surface area contributed by atoms with E-state index in [1.54, 1.807) is 7.05 Å². The molecule has 0 radical (unpaired) electrons. The van der Waals surface area contributed by atoms with Crippen LogP contribution in [0.4, 0.5) is 5.69 Å².